The van der Waals surface area contributed by atoms with Gasteiger partial charge in [-0.2, -0.15) is 0 Å². The van der Waals surface area contributed by atoms with Crippen LogP contribution in [0.5, 0.6) is 0 Å². The number of H-pyrrole nitrogens is 1. The molecule has 1 aromatic rings. The monoisotopic (exact) mass is 279 g/mol. The average Bonchev–Trinajstić information content (AvgIpc) is 3.04. The van der Waals surface area contributed by atoms with Gasteiger partial charge in [0.1, 0.15) is 0 Å². The minimum Gasteiger partial charge on any atom is -0.358 e. The SMILES string of the molecule is C1=CC2SC3=C(CCc4[nH]c5c(c43)CCC=C5)C2C=C1. The molecule has 0 amide bonds. The van der Waals surface area contributed by atoms with Gasteiger partial charge in [-0.05, 0) is 42.9 Å². The second-order valence-electron chi connectivity index (χ2n) is 6.04. The lowest BCUT2D eigenvalue weighted by atomic mass is 9.83. The fraction of sp³-hybridized carbons (Fsp3) is 0.333. The first-order valence-corrected chi connectivity index (χ1v) is 8.45. The van der Waals surface area contributed by atoms with Gasteiger partial charge in [-0.1, -0.05) is 30.4 Å². The van der Waals surface area contributed by atoms with E-state index in [0.717, 1.165) is 0 Å². The molecule has 0 spiro atoms. The second kappa shape index (κ2) is 4.05. The Morgan fingerprint density at radius 2 is 2.05 bits per heavy atom. The van der Waals surface area contributed by atoms with E-state index in [1.165, 1.54) is 37.1 Å². The van der Waals surface area contributed by atoms with Crippen LogP contribution in [0.4, 0.5) is 0 Å². The van der Waals surface area contributed by atoms with Crippen molar-refractivity contribution in [1.29, 1.82) is 0 Å². The summed E-state index contributed by atoms with van der Waals surface area (Å²) in [5.41, 5.74) is 7.71. The number of aromatic nitrogens is 1. The number of hydrogen-bond acceptors (Lipinski definition) is 1. The van der Waals surface area contributed by atoms with Crippen LogP contribution in [0.15, 0.2) is 36.0 Å². The summed E-state index contributed by atoms with van der Waals surface area (Å²) in [4.78, 5) is 5.28. The Morgan fingerprint density at radius 3 is 3.05 bits per heavy atom. The molecule has 2 atom stereocenters. The van der Waals surface area contributed by atoms with Crippen molar-refractivity contribution >= 4 is 22.7 Å². The van der Waals surface area contributed by atoms with Crippen LogP contribution in [0.3, 0.4) is 0 Å². The molecule has 0 bridgehead atoms. The molecule has 1 nitrogen and oxygen atoms in total. The van der Waals surface area contributed by atoms with E-state index in [1.807, 2.05) is 0 Å². The lowest BCUT2D eigenvalue weighted by Gasteiger charge is -2.20. The molecule has 100 valence electrons. The predicted molar refractivity (Wildman–Crippen MR) is 86.5 cm³/mol. The van der Waals surface area contributed by atoms with Crippen LogP contribution in [-0.2, 0) is 12.8 Å². The standard InChI is InChI=1S/C18H17NS/c1-3-7-14-13(6-1)17-15(19-14)10-9-12-11-5-2-4-8-16(11)20-18(12)17/h2-5,7-8,11,16,19H,1,6,9-10H2. The van der Waals surface area contributed by atoms with Crippen molar-refractivity contribution in [2.45, 2.75) is 30.9 Å². The minimum absolute atomic E-state index is 0.639. The molecule has 5 rings (SSSR count). The Bertz CT molecular complexity index is 714. The molecule has 0 fully saturated rings. The molecule has 2 unspecified atom stereocenters. The van der Waals surface area contributed by atoms with Crippen molar-refractivity contribution < 1.29 is 0 Å². The van der Waals surface area contributed by atoms with Crippen LogP contribution in [0.25, 0.3) is 11.0 Å². The first-order chi connectivity index (χ1) is 9.92. The summed E-state index contributed by atoms with van der Waals surface area (Å²) in [6.45, 7) is 0. The van der Waals surface area contributed by atoms with Gasteiger partial charge >= 0.3 is 0 Å². The molecule has 1 aliphatic heterocycles. The number of hydrogen-bond donors (Lipinski definition) is 1. The van der Waals surface area contributed by atoms with Gasteiger partial charge in [-0.25, -0.2) is 0 Å². The quantitative estimate of drug-likeness (QED) is 0.740. The van der Waals surface area contributed by atoms with Gasteiger partial charge in [-0.3, -0.25) is 0 Å². The highest BCUT2D eigenvalue weighted by Crippen LogP contribution is 2.55. The average molecular weight is 279 g/mol. The van der Waals surface area contributed by atoms with E-state index in [1.54, 1.807) is 21.6 Å². The van der Waals surface area contributed by atoms with Crippen molar-refractivity contribution in [3.8, 4) is 0 Å². The third kappa shape index (κ3) is 1.40. The lowest BCUT2D eigenvalue weighted by Crippen LogP contribution is -2.13. The molecule has 0 radical (unpaired) electrons. The Morgan fingerprint density at radius 1 is 1.10 bits per heavy atom. The zero-order valence-electron chi connectivity index (χ0n) is 11.4. The molecule has 1 aromatic heterocycles. The van der Waals surface area contributed by atoms with Crippen molar-refractivity contribution in [2.24, 2.45) is 5.92 Å². The molecular formula is C18H17NS. The molecule has 0 saturated heterocycles. The van der Waals surface area contributed by atoms with Gasteiger partial charge in [0.25, 0.3) is 0 Å². The third-order valence-electron chi connectivity index (χ3n) is 4.96. The van der Waals surface area contributed by atoms with Gasteiger partial charge < -0.3 is 4.98 Å². The molecule has 2 heterocycles. The van der Waals surface area contributed by atoms with E-state index in [-0.39, 0.29) is 0 Å². The maximum atomic E-state index is 3.68. The predicted octanol–water partition coefficient (Wildman–Crippen LogP) is 4.49. The molecule has 2 heteroatoms. The minimum atomic E-state index is 0.639. The number of fused-ring (bicyclic) bond motifs is 6. The first-order valence-electron chi connectivity index (χ1n) is 7.57. The van der Waals surface area contributed by atoms with E-state index in [0.29, 0.717) is 11.2 Å². The zero-order chi connectivity index (χ0) is 13.1. The van der Waals surface area contributed by atoms with Gasteiger partial charge in [0.2, 0.25) is 0 Å². The Hall–Kier alpha value is -1.41. The van der Waals surface area contributed by atoms with Crippen molar-refractivity contribution in [3.05, 3.63) is 58.5 Å². The summed E-state index contributed by atoms with van der Waals surface area (Å²) in [5.74, 6) is 0.651. The summed E-state index contributed by atoms with van der Waals surface area (Å²) in [7, 11) is 0. The van der Waals surface area contributed by atoms with Gasteiger partial charge in [0.05, 0.1) is 0 Å². The topological polar surface area (TPSA) is 15.8 Å². The number of rotatable bonds is 0. The van der Waals surface area contributed by atoms with Crippen LogP contribution in [0.1, 0.15) is 35.4 Å². The van der Waals surface area contributed by atoms with E-state index in [4.69, 9.17) is 0 Å². The smallest absolute Gasteiger partial charge is 0.0418 e. The normalized spacial score (nSPS) is 29.2. The van der Waals surface area contributed by atoms with Crippen LogP contribution < -0.4 is 0 Å². The second-order valence-corrected chi connectivity index (χ2v) is 7.23. The molecular weight excluding hydrogens is 262 g/mol. The number of aromatic amines is 1. The first kappa shape index (κ1) is 11.3. The van der Waals surface area contributed by atoms with Crippen molar-refractivity contribution in [2.75, 3.05) is 0 Å². The molecule has 20 heavy (non-hydrogen) atoms. The molecule has 0 saturated carbocycles. The number of aryl methyl sites for hydroxylation is 1. The number of thioether (sulfide) groups is 1. The van der Waals surface area contributed by atoms with E-state index >= 15 is 0 Å². The summed E-state index contributed by atoms with van der Waals surface area (Å²) >= 11 is 2.10. The van der Waals surface area contributed by atoms with Crippen molar-refractivity contribution in [3.63, 3.8) is 0 Å². The summed E-state index contributed by atoms with van der Waals surface area (Å²) in [6.07, 6.45) is 18.6. The number of nitrogens with one attached hydrogen (secondary N) is 1. The summed E-state index contributed by atoms with van der Waals surface area (Å²) < 4.78 is 0. The van der Waals surface area contributed by atoms with Crippen molar-refractivity contribution in [1.82, 2.24) is 4.98 Å². The molecule has 1 N–H and O–H groups in total. The summed E-state index contributed by atoms with van der Waals surface area (Å²) in [6, 6.07) is 0. The number of allylic oxidation sites excluding steroid dienone is 5. The largest absolute Gasteiger partial charge is 0.358 e. The highest BCUT2D eigenvalue weighted by Gasteiger charge is 2.38. The van der Waals surface area contributed by atoms with Gasteiger partial charge in [0, 0.05) is 33.0 Å². The van der Waals surface area contributed by atoms with E-state index in [9.17, 15) is 0 Å². The Balaban J connectivity index is 1.70. The lowest BCUT2D eigenvalue weighted by molar-refractivity contribution is 0.729. The van der Waals surface area contributed by atoms with Crippen LogP contribution >= 0.6 is 11.8 Å². The van der Waals surface area contributed by atoms with Gasteiger partial charge in [-0.15, -0.1) is 11.8 Å². The van der Waals surface area contributed by atoms with Gasteiger partial charge in [0.15, 0.2) is 0 Å². The van der Waals surface area contributed by atoms with Crippen LogP contribution in [0, 0.1) is 5.92 Å². The Kier molecular flexibility index (Phi) is 2.28. The maximum absolute atomic E-state index is 3.68. The highest BCUT2D eigenvalue weighted by atomic mass is 32.2. The van der Waals surface area contributed by atoms with Crippen LogP contribution in [-0.4, -0.2) is 10.2 Å². The molecule has 3 aliphatic carbocycles. The highest BCUT2D eigenvalue weighted by molar-refractivity contribution is 8.09. The molecule has 4 aliphatic rings. The fourth-order valence-corrected chi connectivity index (χ4v) is 5.64. The zero-order valence-corrected chi connectivity index (χ0v) is 12.2. The van der Waals surface area contributed by atoms with E-state index in [2.05, 4.69) is 53.2 Å². The third-order valence-corrected chi connectivity index (χ3v) is 6.39. The Labute approximate surface area is 123 Å². The summed E-state index contributed by atoms with van der Waals surface area (Å²) in [5, 5.41) is 0.639. The van der Waals surface area contributed by atoms with E-state index < -0.39 is 0 Å². The fourth-order valence-electron chi connectivity index (χ4n) is 4.05. The van der Waals surface area contributed by atoms with Crippen LogP contribution in [0.2, 0.25) is 0 Å². The molecule has 0 aromatic carbocycles. The maximum Gasteiger partial charge on any atom is 0.0418 e.